The van der Waals surface area contributed by atoms with Crippen LogP contribution in [0, 0.1) is 11.6 Å². The Balaban J connectivity index is 2.47. The van der Waals surface area contributed by atoms with Crippen LogP contribution in [0.25, 0.3) is 0 Å². The Hall–Kier alpha value is -1.00. The van der Waals surface area contributed by atoms with E-state index in [9.17, 15) is 8.78 Å². The molecule has 0 heterocycles. The Morgan fingerprint density at radius 3 is 2.67 bits per heavy atom. The Kier molecular flexibility index (Phi) is 4.65. The van der Waals surface area contributed by atoms with Crippen LogP contribution < -0.4 is 5.32 Å². The van der Waals surface area contributed by atoms with Crippen LogP contribution in [0.3, 0.4) is 0 Å². The molecule has 0 saturated carbocycles. The number of hydrogen-bond donors (Lipinski definition) is 1. The van der Waals surface area contributed by atoms with Gasteiger partial charge < -0.3 is 10.1 Å². The van der Waals surface area contributed by atoms with E-state index in [4.69, 9.17) is 4.74 Å². The topological polar surface area (TPSA) is 21.3 Å². The van der Waals surface area contributed by atoms with Crippen LogP contribution in [0.1, 0.15) is 12.5 Å². The van der Waals surface area contributed by atoms with Gasteiger partial charge in [0.1, 0.15) is 0 Å². The van der Waals surface area contributed by atoms with Gasteiger partial charge in [0, 0.05) is 6.54 Å². The van der Waals surface area contributed by atoms with E-state index >= 15 is 0 Å². The molecule has 0 amide bonds. The molecular weight excluding hydrogens is 200 g/mol. The number of ether oxygens (including phenoxy) is 1. The maximum Gasteiger partial charge on any atom is 0.159 e. The van der Waals surface area contributed by atoms with Gasteiger partial charge >= 0.3 is 0 Å². The summed E-state index contributed by atoms with van der Waals surface area (Å²) in [6, 6.07) is 3.78. The molecule has 15 heavy (non-hydrogen) atoms. The van der Waals surface area contributed by atoms with Gasteiger partial charge in [-0.3, -0.25) is 0 Å². The molecule has 1 aromatic rings. The lowest BCUT2D eigenvalue weighted by Crippen LogP contribution is -2.23. The van der Waals surface area contributed by atoms with Crippen LogP contribution in [0.15, 0.2) is 18.2 Å². The second-order valence-corrected chi connectivity index (χ2v) is 3.43. The Morgan fingerprint density at radius 1 is 1.33 bits per heavy atom. The second kappa shape index (κ2) is 5.78. The van der Waals surface area contributed by atoms with Crippen LogP contribution in [0.5, 0.6) is 0 Å². The minimum absolute atomic E-state index is 0.0446. The number of benzene rings is 1. The minimum atomic E-state index is -0.836. The molecule has 0 radical (unpaired) electrons. The van der Waals surface area contributed by atoms with Gasteiger partial charge in [0.15, 0.2) is 11.6 Å². The van der Waals surface area contributed by atoms with E-state index in [0.717, 1.165) is 18.7 Å². The number of halogens is 2. The minimum Gasteiger partial charge on any atom is -0.373 e. The lowest BCUT2D eigenvalue weighted by molar-refractivity contribution is 0.0543. The summed E-state index contributed by atoms with van der Waals surface area (Å²) in [5.74, 6) is -1.67. The molecule has 4 heteroatoms. The normalized spacial score (nSPS) is 12.8. The van der Waals surface area contributed by atoms with Crippen molar-refractivity contribution in [2.75, 3.05) is 13.6 Å². The van der Waals surface area contributed by atoms with Crippen molar-refractivity contribution in [1.82, 2.24) is 5.32 Å². The third kappa shape index (κ3) is 3.93. The summed E-state index contributed by atoms with van der Waals surface area (Å²) in [6.07, 6.45) is 0.0446. The average Bonchev–Trinajstić information content (AvgIpc) is 2.20. The fraction of sp³-hybridized carbons (Fsp3) is 0.455. The van der Waals surface area contributed by atoms with Crippen molar-refractivity contribution in [3.05, 3.63) is 35.4 Å². The van der Waals surface area contributed by atoms with E-state index in [1.165, 1.54) is 6.07 Å². The highest BCUT2D eigenvalue weighted by atomic mass is 19.2. The molecule has 0 bridgehead atoms. The summed E-state index contributed by atoms with van der Waals surface area (Å²) in [7, 11) is 1.83. The molecule has 1 atom stereocenters. The van der Waals surface area contributed by atoms with Gasteiger partial charge in [0.25, 0.3) is 0 Å². The van der Waals surface area contributed by atoms with Crippen molar-refractivity contribution in [1.29, 1.82) is 0 Å². The van der Waals surface area contributed by atoms with Crippen LogP contribution in [-0.4, -0.2) is 19.7 Å². The van der Waals surface area contributed by atoms with E-state index in [1.54, 1.807) is 0 Å². The first-order chi connectivity index (χ1) is 7.13. The highest BCUT2D eigenvalue weighted by Crippen LogP contribution is 2.10. The number of nitrogens with one attached hydrogen (secondary N) is 1. The fourth-order valence-corrected chi connectivity index (χ4v) is 1.21. The zero-order chi connectivity index (χ0) is 11.3. The quantitative estimate of drug-likeness (QED) is 0.812. The summed E-state index contributed by atoms with van der Waals surface area (Å²) in [5, 5.41) is 2.97. The molecule has 2 nitrogen and oxygen atoms in total. The predicted molar refractivity (Wildman–Crippen MR) is 54.5 cm³/mol. The van der Waals surface area contributed by atoms with Crippen molar-refractivity contribution in [3.8, 4) is 0 Å². The van der Waals surface area contributed by atoms with E-state index in [2.05, 4.69) is 5.32 Å². The van der Waals surface area contributed by atoms with Gasteiger partial charge in [-0.15, -0.1) is 0 Å². The lowest BCUT2D eigenvalue weighted by atomic mass is 10.2. The van der Waals surface area contributed by atoms with Crippen LogP contribution >= 0.6 is 0 Å². The SMILES string of the molecule is CNCC(C)OCc1ccc(F)c(F)c1. The molecular formula is C11H15F2NO. The summed E-state index contributed by atoms with van der Waals surface area (Å²) in [6.45, 7) is 2.93. The summed E-state index contributed by atoms with van der Waals surface area (Å²) < 4.78 is 30.8. The average molecular weight is 215 g/mol. The molecule has 0 aromatic heterocycles. The third-order valence-electron chi connectivity index (χ3n) is 2.01. The Morgan fingerprint density at radius 2 is 2.07 bits per heavy atom. The molecule has 0 saturated heterocycles. The lowest BCUT2D eigenvalue weighted by Gasteiger charge is -2.12. The molecule has 0 fully saturated rings. The standard InChI is InChI=1S/C11H15F2NO/c1-8(6-14-2)15-7-9-3-4-10(12)11(13)5-9/h3-5,8,14H,6-7H2,1-2H3. The summed E-state index contributed by atoms with van der Waals surface area (Å²) in [5.41, 5.74) is 0.636. The van der Waals surface area contributed by atoms with Gasteiger partial charge in [-0.05, 0) is 31.7 Å². The molecule has 0 aliphatic carbocycles. The van der Waals surface area contributed by atoms with Gasteiger partial charge in [0.05, 0.1) is 12.7 Å². The highest BCUT2D eigenvalue weighted by molar-refractivity contribution is 5.16. The first kappa shape index (κ1) is 12.1. The van der Waals surface area contributed by atoms with E-state index in [0.29, 0.717) is 12.2 Å². The van der Waals surface area contributed by atoms with Crippen molar-refractivity contribution in [3.63, 3.8) is 0 Å². The molecule has 1 N–H and O–H groups in total. The number of likely N-dealkylation sites (N-methyl/N-ethyl adjacent to an activating group) is 1. The molecule has 0 spiro atoms. The predicted octanol–water partition coefficient (Wildman–Crippen LogP) is 2.09. The van der Waals surface area contributed by atoms with Crippen LogP contribution in [0.4, 0.5) is 8.78 Å². The molecule has 1 aromatic carbocycles. The highest BCUT2D eigenvalue weighted by Gasteiger charge is 2.04. The third-order valence-corrected chi connectivity index (χ3v) is 2.01. The number of hydrogen-bond acceptors (Lipinski definition) is 2. The fourth-order valence-electron chi connectivity index (χ4n) is 1.21. The monoisotopic (exact) mass is 215 g/mol. The van der Waals surface area contributed by atoms with Gasteiger partial charge in [-0.25, -0.2) is 8.78 Å². The molecule has 0 aliphatic heterocycles. The van der Waals surface area contributed by atoms with E-state index < -0.39 is 11.6 Å². The molecule has 0 aliphatic rings. The largest absolute Gasteiger partial charge is 0.373 e. The first-order valence-electron chi connectivity index (χ1n) is 4.83. The summed E-state index contributed by atoms with van der Waals surface area (Å²) in [4.78, 5) is 0. The molecule has 1 unspecified atom stereocenters. The zero-order valence-electron chi connectivity index (χ0n) is 8.89. The van der Waals surface area contributed by atoms with Crippen molar-refractivity contribution < 1.29 is 13.5 Å². The van der Waals surface area contributed by atoms with Gasteiger partial charge in [-0.1, -0.05) is 6.07 Å². The summed E-state index contributed by atoms with van der Waals surface area (Å²) >= 11 is 0. The first-order valence-corrected chi connectivity index (χ1v) is 4.83. The van der Waals surface area contributed by atoms with Crippen LogP contribution in [-0.2, 0) is 11.3 Å². The van der Waals surface area contributed by atoms with E-state index in [-0.39, 0.29) is 6.10 Å². The van der Waals surface area contributed by atoms with E-state index in [1.807, 2.05) is 14.0 Å². The molecule has 1 rings (SSSR count). The van der Waals surface area contributed by atoms with Crippen molar-refractivity contribution in [2.24, 2.45) is 0 Å². The van der Waals surface area contributed by atoms with Crippen molar-refractivity contribution in [2.45, 2.75) is 19.6 Å². The molecule has 84 valence electrons. The van der Waals surface area contributed by atoms with Crippen LogP contribution in [0.2, 0.25) is 0 Å². The Labute approximate surface area is 88.3 Å². The maximum atomic E-state index is 12.8. The zero-order valence-corrected chi connectivity index (χ0v) is 8.89. The number of rotatable bonds is 5. The second-order valence-electron chi connectivity index (χ2n) is 3.43. The van der Waals surface area contributed by atoms with Gasteiger partial charge in [0.2, 0.25) is 0 Å². The maximum absolute atomic E-state index is 12.8. The smallest absolute Gasteiger partial charge is 0.159 e. The Bertz CT molecular complexity index is 317. The van der Waals surface area contributed by atoms with Crippen molar-refractivity contribution >= 4 is 0 Å². The van der Waals surface area contributed by atoms with Gasteiger partial charge in [-0.2, -0.15) is 0 Å².